The maximum atomic E-state index is 8.39. The van der Waals surface area contributed by atoms with Gasteiger partial charge in [0.15, 0.2) is 0 Å². The molecule has 4 nitrogen and oxygen atoms in total. The highest BCUT2D eigenvalue weighted by Gasteiger charge is 1.94. The van der Waals surface area contributed by atoms with Crippen LogP contribution in [0.2, 0.25) is 0 Å². The van der Waals surface area contributed by atoms with Crippen LogP contribution in [0.25, 0.3) is 0 Å². The summed E-state index contributed by atoms with van der Waals surface area (Å²) in [5.74, 6) is 0. The molecule has 0 bridgehead atoms. The molecule has 0 aliphatic heterocycles. The number of hydrogen-bond donors (Lipinski definition) is 2. The lowest BCUT2D eigenvalue weighted by molar-refractivity contribution is -0.243. The van der Waals surface area contributed by atoms with Crippen molar-refractivity contribution in [2.24, 2.45) is 0 Å². The molecular formula is C5H13NO3. The minimum Gasteiger partial charge on any atom is -0.395 e. The van der Waals surface area contributed by atoms with E-state index in [0.717, 1.165) is 0 Å². The van der Waals surface area contributed by atoms with Crippen molar-refractivity contribution in [1.82, 2.24) is 4.90 Å². The average Bonchev–Trinajstić information content (AvgIpc) is 1.85. The summed E-state index contributed by atoms with van der Waals surface area (Å²) in [5.41, 5.74) is 0. The first-order valence-electron chi connectivity index (χ1n) is 2.87. The molecule has 0 aromatic heterocycles. The molecule has 9 heavy (non-hydrogen) atoms. The Morgan fingerprint density at radius 1 is 1.44 bits per heavy atom. The van der Waals surface area contributed by atoms with E-state index < -0.39 is 0 Å². The Morgan fingerprint density at radius 3 is 2.56 bits per heavy atom. The van der Waals surface area contributed by atoms with Crippen molar-refractivity contribution in [3.63, 3.8) is 0 Å². The Bertz CT molecular complexity index is 60.2. The van der Waals surface area contributed by atoms with Gasteiger partial charge in [-0.2, -0.15) is 0 Å². The standard InChI is InChI=1S/C5H13NO3/c1-6(2-4-7)3-5-9-8/h7-8H,2-5H2,1H3. The summed E-state index contributed by atoms with van der Waals surface area (Å²) in [5, 5.41) is 16.3. The maximum absolute atomic E-state index is 8.39. The highest BCUT2D eigenvalue weighted by molar-refractivity contribution is 4.46. The molecule has 0 spiro atoms. The fourth-order valence-corrected chi connectivity index (χ4v) is 0.479. The van der Waals surface area contributed by atoms with E-state index in [9.17, 15) is 0 Å². The molecule has 0 aromatic rings. The molecule has 0 aromatic carbocycles. The molecule has 0 aliphatic carbocycles. The van der Waals surface area contributed by atoms with Crippen molar-refractivity contribution in [1.29, 1.82) is 0 Å². The van der Waals surface area contributed by atoms with Gasteiger partial charge >= 0.3 is 0 Å². The Balaban J connectivity index is 2.95. The van der Waals surface area contributed by atoms with Gasteiger partial charge < -0.3 is 10.0 Å². The molecule has 0 saturated heterocycles. The van der Waals surface area contributed by atoms with E-state index in [4.69, 9.17) is 10.4 Å². The zero-order chi connectivity index (χ0) is 7.11. The van der Waals surface area contributed by atoms with Gasteiger partial charge in [0.1, 0.15) is 0 Å². The lowest BCUT2D eigenvalue weighted by Crippen LogP contribution is -2.25. The number of aliphatic hydroxyl groups is 1. The van der Waals surface area contributed by atoms with Crippen molar-refractivity contribution < 1.29 is 15.3 Å². The van der Waals surface area contributed by atoms with Gasteiger partial charge in [-0.05, 0) is 7.05 Å². The Kier molecular flexibility index (Phi) is 5.86. The fourth-order valence-electron chi connectivity index (χ4n) is 0.479. The van der Waals surface area contributed by atoms with Gasteiger partial charge in [-0.15, -0.1) is 0 Å². The van der Waals surface area contributed by atoms with Crippen molar-refractivity contribution in [2.45, 2.75) is 0 Å². The molecule has 0 radical (unpaired) electrons. The van der Waals surface area contributed by atoms with E-state index >= 15 is 0 Å². The summed E-state index contributed by atoms with van der Waals surface area (Å²) >= 11 is 0. The predicted octanol–water partition coefficient (Wildman–Crippen LogP) is -0.600. The van der Waals surface area contributed by atoms with Crippen LogP contribution < -0.4 is 0 Å². The van der Waals surface area contributed by atoms with Gasteiger partial charge in [-0.25, -0.2) is 4.89 Å². The molecule has 56 valence electrons. The first-order chi connectivity index (χ1) is 4.31. The predicted molar refractivity (Wildman–Crippen MR) is 33.2 cm³/mol. The fraction of sp³-hybridized carbons (Fsp3) is 1.00. The SMILES string of the molecule is CN(CCO)CCOO. The van der Waals surface area contributed by atoms with Gasteiger partial charge in [-0.1, -0.05) is 0 Å². The zero-order valence-electron chi connectivity index (χ0n) is 5.58. The molecule has 0 atom stereocenters. The van der Waals surface area contributed by atoms with Crippen molar-refractivity contribution >= 4 is 0 Å². The largest absolute Gasteiger partial charge is 0.395 e. The lowest BCUT2D eigenvalue weighted by atomic mass is 10.5. The molecule has 0 saturated carbocycles. The minimum absolute atomic E-state index is 0.141. The second-order valence-electron chi connectivity index (χ2n) is 1.86. The highest BCUT2D eigenvalue weighted by atomic mass is 17.1. The molecule has 4 heteroatoms. The topological polar surface area (TPSA) is 52.9 Å². The van der Waals surface area contributed by atoms with E-state index in [1.165, 1.54) is 0 Å². The van der Waals surface area contributed by atoms with Crippen LogP contribution in [0.15, 0.2) is 0 Å². The quantitative estimate of drug-likeness (QED) is 0.390. The van der Waals surface area contributed by atoms with Gasteiger partial charge in [0.05, 0.1) is 13.2 Å². The molecule has 2 N–H and O–H groups in total. The van der Waals surface area contributed by atoms with E-state index in [0.29, 0.717) is 13.1 Å². The number of nitrogens with zero attached hydrogens (tertiary/aromatic N) is 1. The van der Waals surface area contributed by atoms with Gasteiger partial charge in [0.25, 0.3) is 0 Å². The Labute approximate surface area is 54.6 Å². The molecule has 0 fully saturated rings. The Hall–Kier alpha value is -0.160. The minimum atomic E-state index is 0.141. The number of rotatable bonds is 5. The van der Waals surface area contributed by atoms with Gasteiger partial charge in [0.2, 0.25) is 0 Å². The normalized spacial score (nSPS) is 10.7. The molecule has 0 amide bonds. The number of hydrogen-bond acceptors (Lipinski definition) is 4. The summed E-state index contributed by atoms with van der Waals surface area (Å²) in [4.78, 5) is 5.69. The highest BCUT2D eigenvalue weighted by Crippen LogP contribution is 1.79. The number of likely N-dealkylation sites (N-methyl/N-ethyl adjacent to an activating group) is 1. The third-order valence-electron chi connectivity index (χ3n) is 1.05. The number of aliphatic hydroxyl groups excluding tert-OH is 1. The molecule has 0 rings (SSSR count). The van der Waals surface area contributed by atoms with Crippen LogP contribution >= 0.6 is 0 Å². The summed E-state index contributed by atoms with van der Waals surface area (Å²) in [7, 11) is 1.84. The monoisotopic (exact) mass is 135 g/mol. The van der Waals surface area contributed by atoms with Crippen LogP contribution in [0, 0.1) is 0 Å². The summed E-state index contributed by atoms with van der Waals surface area (Å²) in [6.07, 6.45) is 0. The van der Waals surface area contributed by atoms with Gasteiger partial charge in [-0.3, -0.25) is 5.26 Å². The summed E-state index contributed by atoms with van der Waals surface area (Å²) in [6, 6.07) is 0. The third kappa shape index (κ3) is 5.72. The molecule has 0 heterocycles. The van der Waals surface area contributed by atoms with Crippen LogP contribution in [0.1, 0.15) is 0 Å². The summed E-state index contributed by atoms with van der Waals surface area (Å²) < 4.78 is 0. The molecule has 0 aliphatic rings. The van der Waals surface area contributed by atoms with Crippen molar-refractivity contribution in [3.8, 4) is 0 Å². The van der Waals surface area contributed by atoms with E-state index in [1.807, 2.05) is 11.9 Å². The smallest absolute Gasteiger partial charge is 0.0946 e. The van der Waals surface area contributed by atoms with E-state index in [2.05, 4.69) is 4.89 Å². The van der Waals surface area contributed by atoms with Crippen LogP contribution in [-0.2, 0) is 4.89 Å². The lowest BCUT2D eigenvalue weighted by Gasteiger charge is -2.12. The van der Waals surface area contributed by atoms with E-state index in [1.54, 1.807) is 0 Å². The first kappa shape index (κ1) is 8.84. The van der Waals surface area contributed by atoms with Crippen LogP contribution in [0.5, 0.6) is 0 Å². The Morgan fingerprint density at radius 2 is 2.11 bits per heavy atom. The van der Waals surface area contributed by atoms with Crippen LogP contribution in [0.4, 0.5) is 0 Å². The third-order valence-corrected chi connectivity index (χ3v) is 1.05. The van der Waals surface area contributed by atoms with Crippen LogP contribution in [-0.4, -0.2) is 48.6 Å². The first-order valence-corrected chi connectivity index (χ1v) is 2.87. The average molecular weight is 135 g/mol. The molecular weight excluding hydrogens is 122 g/mol. The summed E-state index contributed by atoms with van der Waals surface area (Å²) in [6.45, 7) is 1.68. The second kappa shape index (κ2) is 5.97. The zero-order valence-corrected chi connectivity index (χ0v) is 5.58. The van der Waals surface area contributed by atoms with E-state index in [-0.39, 0.29) is 13.2 Å². The van der Waals surface area contributed by atoms with Gasteiger partial charge in [0, 0.05) is 13.1 Å². The van der Waals surface area contributed by atoms with Crippen LogP contribution in [0.3, 0.4) is 0 Å². The van der Waals surface area contributed by atoms with Crippen molar-refractivity contribution in [3.05, 3.63) is 0 Å². The molecule has 0 unspecified atom stereocenters. The maximum Gasteiger partial charge on any atom is 0.0946 e. The van der Waals surface area contributed by atoms with Crippen molar-refractivity contribution in [2.75, 3.05) is 33.4 Å². The second-order valence-corrected chi connectivity index (χ2v) is 1.86.